The van der Waals surface area contributed by atoms with Crippen molar-refractivity contribution in [2.45, 2.75) is 39.0 Å². The first-order valence-electron chi connectivity index (χ1n) is 12.4. The largest absolute Gasteiger partial charge is 0.382 e. The fraction of sp³-hybridized carbons (Fsp3) is 0.500. The molecule has 0 bridgehead atoms. The lowest BCUT2D eigenvalue weighted by Gasteiger charge is -2.07. The second-order valence-corrected chi connectivity index (χ2v) is 9.54. The summed E-state index contributed by atoms with van der Waals surface area (Å²) in [6.45, 7) is 6.07. The number of thiazole rings is 1. The van der Waals surface area contributed by atoms with Crippen LogP contribution in [-0.2, 0) is 30.2 Å². The van der Waals surface area contributed by atoms with Gasteiger partial charge in [-0.1, -0.05) is 30.3 Å². The number of ketones is 1. The van der Waals surface area contributed by atoms with Crippen molar-refractivity contribution >= 4 is 27.3 Å². The molecule has 2 aromatic carbocycles. The van der Waals surface area contributed by atoms with E-state index >= 15 is 0 Å². The molecule has 0 amide bonds. The molecule has 1 aromatic heterocycles. The molecule has 0 aliphatic carbocycles. The second kappa shape index (κ2) is 15.8. The molecule has 0 N–H and O–H groups in total. The Hall–Kier alpha value is -2.16. The Balaban J connectivity index is 1.22. The predicted octanol–water partition coefficient (Wildman–Crippen LogP) is 5.64. The molecule has 1 heterocycles. The molecule has 0 fully saturated rings. The van der Waals surface area contributed by atoms with Crippen molar-refractivity contribution in [1.29, 1.82) is 0 Å². The van der Waals surface area contributed by atoms with Gasteiger partial charge < -0.3 is 18.9 Å². The number of nitrogens with zero attached hydrogens (tertiary/aromatic N) is 1. The van der Waals surface area contributed by atoms with E-state index in [1.54, 1.807) is 18.4 Å². The van der Waals surface area contributed by atoms with E-state index in [4.69, 9.17) is 23.9 Å². The SMILES string of the molecule is COCCOCCOCCOCCCC(=O)CCCc1ccc(-c2nc3ccc(C)cc3s2)cc1. The maximum Gasteiger partial charge on any atom is 0.133 e. The lowest BCUT2D eigenvalue weighted by atomic mass is 10.0. The van der Waals surface area contributed by atoms with Gasteiger partial charge in [0.15, 0.2) is 0 Å². The van der Waals surface area contributed by atoms with Crippen LogP contribution in [0.15, 0.2) is 42.5 Å². The maximum atomic E-state index is 12.2. The van der Waals surface area contributed by atoms with Gasteiger partial charge in [0, 0.05) is 32.1 Å². The minimum absolute atomic E-state index is 0.305. The van der Waals surface area contributed by atoms with Crippen LogP contribution in [0.3, 0.4) is 0 Å². The number of ether oxygens (including phenoxy) is 4. The Morgan fingerprint density at radius 2 is 1.49 bits per heavy atom. The van der Waals surface area contributed by atoms with Crippen LogP contribution in [0, 0.1) is 6.92 Å². The van der Waals surface area contributed by atoms with Crippen molar-refractivity contribution in [2.24, 2.45) is 0 Å². The first kappa shape index (κ1) is 27.4. The highest BCUT2D eigenvalue weighted by atomic mass is 32.1. The zero-order valence-corrected chi connectivity index (χ0v) is 21.7. The fourth-order valence-corrected chi connectivity index (χ4v) is 4.71. The maximum absolute atomic E-state index is 12.2. The predicted molar refractivity (Wildman–Crippen MR) is 141 cm³/mol. The highest BCUT2D eigenvalue weighted by molar-refractivity contribution is 7.21. The van der Waals surface area contributed by atoms with Gasteiger partial charge in [0.1, 0.15) is 10.8 Å². The van der Waals surface area contributed by atoms with Crippen LogP contribution < -0.4 is 0 Å². The number of Topliss-reactive ketones (excluding diaryl/α,β-unsaturated/α-hetero) is 1. The number of rotatable bonds is 18. The molecule has 7 heteroatoms. The summed E-state index contributed by atoms with van der Waals surface area (Å²) in [6, 6.07) is 14.9. The van der Waals surface area contributed by atoms with Crippen molar-refractivity contribution in [3.8, 4) is 10.6 Å². The normalized spacial score (nSPS) is 11.4. The molecule has 0 aliphatic heterocycles. The van der Waals surface area contributed by atoms with E-state index in [9.17, 15) is 4.79 Å². The Kier molecular flexibility index (Phi) is 12.3. The average molecular weight is 500 g/mol. The van der Waals surface area contributed by atoms with E-state index in [0.29, 0.717) is 64.9 Å². The zero-order chi connectivity index (χ0) is 24.7. The van der Waals surface area contributed by atoms with E-state index in [2.05, 4.69) is 49.4 Å². The topological polar surface area (TPSA) is 66.9 Å². The number of aromatic nitrogens is 1. The van der Waals surface area contributed by atoms with Gasteiger partial charge in [0.2, 0.25) is 0 Å². The molecule has 35 heavy (non-hydrogen) atoms. The minimum atomic E-state index is 0.305. The van der Waals surface area contributed by atoms with E-state index in [0.717, 1.165) is 35.4 Å². The summed E-state index contributed by atoms with van der Waals surface area (Å²) in [7, 11) is 1.65. The second-order valence-electron chi connectivity index (χ2n) is 8.51. The van der Waals surface area contributed by atoms with Crippen LogP contribution in [-0.4, -0.2) is 64.1 Å². The summed E-state index contributed by atoms with van der Waals surface area (Å²) < 4.78 is 22.4. The Bertz CT molecular complexity index is 1020. The van der Waals surface area contributed by atoms with Crippen molar-refractivity contribution in [3.05, 3.63) is 53.6 Å². The van der Waals surface area contributed by atoms with Crippen LogP contribution >= 0.6 is 11.3 Å². The molecule has 3 rings (SSSR count). The zero-order valence-electron chi connectivity index (χ0n) is 20.9. The van der Waals surface area contributed by atoms with Crippen molar-refractivity contribution < 1.29 is 23.7 Å². The number of hydrogen-bond acceptors (Lipinski definition) is 7. The number of methoxy groups -OCH3 is 1. The smallest absolute Gasteiger partial charge is 0.133 e. The standard InChI is InChI=1S/C28H37NO5S/c1-22-8-13-26-27(21-22)35-28(29-26)24-11-9-23(10-12-24)5-3-6-25(30)7-4-14-32-17-18-34-20-19-33-16-15-31-2/h8-13,21H,3-7,14-20H2,1-2H3. The summed E-state index contributed by atoms with van der Waals surface area (Å²) in [5, 5.41) is 1.05. The number of carbonyl (C=O) groups is 1. The Morgan fingerprint density at radius 3 is 2.20 bits per heavy atom. The van der Waals surface area contributed by atoms with Gasteiger partial charge in [0.05, 0.1) is 49.9 Å². The quantitative estimate of drug-likeness (QED) is 0.211. The Morgan fingerprint density at radius 1 is 0.829 bits per heavy atom. The van der Waals surface area contributed by atoms with Crippen molar-refractivity contribution in [2.75, 3.05) is 53.4 Å². The third-order valence-corrected chi connectivity index (χ3v) is 6.65. The monoisotopic (exact) mass is 499 g/mol. The van der Waals surface area contributed by atoms with Gasteiger partial charge in [-0.15, -0.1) is 11.3 Å². The molecule has 0 atom stereocenters. The van der Waals surface area contributed by atoms with E-state index in [1.807, 2.05) is 0 Å². The van der Waals surface area contributed by atoms with E-state index < -0.39 is 0 Å². The molecule has 3 aromatic rings. The summed E-state index contributed by atoms with van der Waals surface area (Å²) >= 11 is 1.73. The van der Waals surface area contributed by atoms with E-state index in [1.165, 1.54) is 15.8 Å². The van der Waals surface area contributed by atoms with Gasteiger partial charge >= 0.3 is 0 Å². The van der Waals surface area contributed by atoms with Crippen LogP contribution in [0.5, 0.6) is 0 Å². The summed E-state index contributed by atoms with van der Waals surface area (Å²) in [4.78, 5) is 16.9. The summed E-state index contributed by atoms with van der Waals surface area (Å²) in [6.07, 6.45) is 3.73. The average Bonchev–Trinajstić information content (AvgIpc) is 3.28. The lowest BCUT2D eigenvalue weighted by molar-refractivity contribution is -0.119. The number of benzene rings is 2. The van der Waals surface area contributed by atoms with Crippen LogP contribution in [0.2, 0.25) is 0 Å². The van der Waals surface area contributed by atoms with Crippen molar-refractivity contribution in [3.63, 3.8) is 0 Å². The van der Waals surface area contributed by atoms with Gasteiger partial charge in [-0.25, -0.2) is 4.98 Å². The minimum Gasteiger partial charge on any atom is -0.382 e. The third-order valence-electron chi connectivity index (χ3n) is 5.59. The fourth-order valence-electron chi connectivity index (χ4n) is 3.64. The van der Waals surface area contributed by atoms with Gasteiger partial charge in [-0.2, -0.15) is 0 Å². The Labute approximate surface area is 212 Å². The molecule has 0 saturated carbocycles. The third kappa shape index (κ3) is 10.2. The van der Waals surface area contributed by atoms with Gasteiger partial charge in [-0.05, 0) is 49.4 Å². The van der Waals surface area contributed by atoms with Crippen LogP contribution in [0.4, 0.5) is 0 Å². The summed E-state index contributed by atoms with van der Waals surface area (Å²) in [5.41, 5.74) is 4.71. The van der Waals surface area contributed by atoms with Crippen LogP contribution in [0.25, 0.3) is 20.8 Å². The lowest BCUT2D eigenvalue weighted by Crippen LogP contribution is -2.11. The highest BCUT2D eigenvalue weighted by Gasteiger charge is 2.07. The molecule has 0 spiro atoms. The molecule has 0 saturated heterocycles. The number of fused-ring (bicyclic) bond motifs is 1. The molecule has 0 unspecified atom stereocenters. The molecule has 0 radical (unpaired) electrons. The molecule has 0 aliphatic rings. The number of aryl methyl sites for hydroxylation is 2. The molecular formula is C28H37NO5S. The van der Waals surface area contributed by atoms with E-state index in [-0.39, 0.29) is 0 Å². The molecular weight excluding hydrogens is 462 g/mol. The molecule has 6 nitrogen and oxygen atoms in total. The van der Waals surface area contributed by atoms with Crippen LogP contribution in [0.1, 0.15) is 36.8 Å². The number of carbonyl (C=O) groups excluding carboxylic acids is 1. The van der Waals surface area contributed by atoms with Gasteiger partial charge in [0.25, 0.3) is 0 Å². The first-order valence-corrected chi connectivity index (χ1v) is 13.2. The highest BCUT2D eigenvalue weighted by Crippen LogP contribution is 2.30. The summed E-state index contributed by atoms with van der Waals surface area (Å²) in [5.74, 6) is 0.305. The van der Waals surface area contributed by atoms with Crippen molar-refractivity contribution in [1.82, 2.24) is 4.98 Å². The molecule has 190 valence electrons. The number of hydrogen-bond donors (Lipinski definition) is 0. The first-order chi connectivity index (χ1) is 17.2. The van der Waals surface area contributed by atoms with Gasteiger partial charge in [-0.3, -0.25) is 4.79 Å².